The van der Waals surface area contributed by atoms with E-state index in [1.165, 1.54) is 0 Å². The number of piperidine rings is 1. The molecule has 0 aromatic carbocycles. The van der Waals surface area contributed by atoms with E-state index in [9.17, 15) is 0 Å². The van der Waals surface area contributed by atoms with Gasteiger partial charge in [-0.15, -0.1) is 0 Å². The second-order valence-electron chi connectivity index (χ2n) is 5.39. The molecule has 1 aromatic heterocycles. The molecule has 2 heterocycles. The van der Waals surface area contributed by atoms with Gasteiger partial charge in [0, 0.05) is 46.7 Å². The van der Waals surface area contributed by atoms with Crippen LogP contribution in [0.3, 0.4) is 0 Å². The first-order valence-electron chi connectivity index (χ1n) is 7.88. The third-order valence-electron chi connectivity index (χ3n) is 3.80. The number of rotatable bonds is 7. The van der Waals surface area contributed by atoms with Gasteiger partial charge >= 0.3 is 0 Å². The number of hydrogen-bond acceptors (Lipinski definition) is 4. The molecule has 0 atom stereocenters. The number of nitrogens with one attached hydrogen (secondary N) is 2. The highest BCUT2D eigenvalue weighted by molar-refractivity contribution is 5.79. The standard InChI is InChI=1S/C15H27N5O2/c1-16-15(17-12-13-4-7-18-19-13)20-8-5-14(6-9-20)22-11-3-10-21-2/h4,7,14H,3,5-6,8-12H2,1-2H3,(H,16,17)(H,18,19). The Labute approximate surface area is 132 Å². The van der Waals surface area contributed by atoms with E-state index < -0.39 is 0 Å². The minimum Gasteiger partial charge on any atom is -0.385 e. The van der Waals surface area contributed by atoms with Crippen LogP contribution < -0.4 is 5.32 Å². The average molecular weight is 309 g/mol. The Balaban J connectivity index is 1.68. The van der Waals surface area contributed by atoms with Crippen LogP contribution in [0.5, 0.6) is 0 Å². The Morgan fingerprint density at radius 1 is 1.45 bits per heavy atom. The van der Waals surface area contributed by atoms with E-state index in [-0.39, 0.29) is 0 Å². The van der Waals surface area contributed by atoms with Gasteiger partial charge in [0.25, 0.3) is 0 Å². The molecule has 0 unspecified atom stereocenters. The second-order valence-corrected chi connectivity index (χ2v) is 5.39. The van der Waals surface area contributed by atoms with Gasteiger partial charge < -0.3 is 19.7 Å². The molecule has 7 heteroatoms. The number of guanidine groups is 1. The number of aliphatic imine (C=N–C) groups is 1. The summed E-state index contributed by atoms with van der Waals surface area (Å²) in [6, 6.07) is 1.96. The lowest BCUT2D eigenvalue weighted by Crippen LogP contribution is -2.46. The van der Waals surface area contributed by atoms with Crippen LogP contribution in [0.25, 0.3) is 0 Å². The first-order chi connectivity index (χ1) is 10.8. The summed E-state index contributed by atoms with van der Waals surface area (Å²) in [4.78, 5) is 6.65. The zero-order valence-corrected chi connectivity index (χ0v) is 13.5. The number of hydrogen-bond donors (Lipinski definition) is 2. The number of ether oxygens (including phenoxy) is 2. The Morgan fingerprint density at radius 2 is 2.27 bits per heavy atom. The fraction of sp³-hybridized carbons (Fsp3) is 0.733. The van der Waals surface area contributed by atoms with E-state index in [1.807, 2.05) is 13.1 Å². The zero-order valence-electron chi connectivity index (χ0n) is 13.5. The van der Waals surface area contributed by atoms with Crippen molar-refractivity contribution in [1.29, 1.82) is 0 Å². The molecule has 1 aromatic rings. The molecule has 1 fully saturated rings. The molecule has 22 heavy (non-hydrogen) atoms. The molecular formula is C15H27N5O2. The van der Waals surface area contributed by atoms with Crippen molar-refractivity contribution in [3.05, 3.63) is 18.0 Å². The molecule has 1 saturated heterocycles. The van der Waals surface area contributed by atoms with E-state index in [4.69, 9.17) is 9.47 Å². The lowest BCUT2D eigenvalue weighted by atomic mass is 10.1. The minimum atomic E-state index is 0.360. The number of aromatic nitrogens is 2. The Kier molecular flexibility index (Phi) is 7.18. The first-order valence-corrected chi connectivity index (χ1v) is 7.88. The Bertz CT molecular complexity index is 427. The summed E-state index contributed by atoms with van der Waals surface area (Å²) in [6.45, 7) is 4.20. The van der Waals surface area contributed by atoms with Crippen molar-refractivity contribution < 1.29 is 9.47 Å². The number of aromatic amines is 1. The SMILES string of the molecule is CN=C(NCc1ccn[nH]1)N1CCC(OCCCOC)CC1. The van der Waals surface area contributed by atoms with Crippen LogP contribution in [0.15, 0.2) is 17.3 Å². The third-order valence-corrected chi connectivity index (χ3v) is 3.80. The number of H-pyrrole nitrogens is 1. The third kappa shape index (κ3) is 5.31. The van der Waals surface area contributed by atoms with Crippen LogP contribution in [0.2, 0.25) is 0 Å². The van der Waals surface area contributed by atoms with Crippen molar-refractivity contribution in [2.75, 3.05) is 40.5 Å². The van der Waals surface area contributed by atoms with Gasteiger partial charge in [0.1, 0.15) is 0 Å². The molecule has 7 nitrogen and oxygen atoms in total. The molecule has 0 spiro atoms. The van der Waals surface area contributed by atoms with Crippen LogP contribution in [-0.2, 0) is 16.0 Å². The number of likely N-dealkylation sites (tertiary alicyclic amines) is 1. The molecule has 1 aliphatic rings. The first kappa shape index (κ1) is 16.8. The molecule has 1 aliphatic heterocycles. The number of nitrogens with zero attached hydrogens (tertiary/aromatic N) is 3. The van der Waals surface area contributed by atoms with Gasteiger partial charge in [0.15, 0.2) is 5.96 Å². The summed E-state index contributed by atoms with van der Waals surface area (Å²) in [5.41, 5.74) is 1.05. The lowest BCUT2D eigenvalue weighted by molar-refractivity contribution is 0.00989. The van der Waals surface area contributed by atoms with Gasteiger partial charge in [-0.3, -0.25) is 10.1 Å². The zero-order chi connectivity index (χ0) is 15.6. The average Bonchev–Trinajstić information content (AvgIpc) is 3.07. The van der Waals surface area contributed by atoms with Crippen molar-refractivity contribution in [2.24, 2.45) is 4.99 Å². The highest BCUT2D eigenvalue weighted by Crippen LogP contribution is 2.14. The molecule has 124 valence electrons. The van der Waals surface area contributed by atoms with Crippen LogP contribution in [0.1, 0.15) is 25.0 Å². The molecule has 0 radical (unpaired) electrons. The predicted molar refractivity (Wildman–Crippen MR) is 85.8 cm³/mol. The summed E-state index contributed by atoms with van der Waals surface area (Å²) in [7, 11) is 3.54. The molecule has 0 aliphatic carbocycles. The van der Waals surface area contributed by atoms with Crippen molar-refractivity contribution >= 4 is 5.96 Å². The summed E-state index contributed by atoms with van der Waals surface area (Å²) >= 11 is 0. The maximum Gasteiger partial charge on any atom is 0.193 e. The van der Waals surface area contributed by atoms with Crippen molar-refractivity contribution in [3.8, 4) is 0 Å². The van der Waals surface area contributed by atoms with Gasteiger partial charge in [-0.05, 0) is 25.3 Å². The largest absolute Gasteiger partial charge is 0.385 e. The van der Waals surface area contributed by atoms with Gasteiger partial charge in [-0.1, -0.05) is 0 Å². The topological polar surface area (TPSA) is 74.8 Å². The van der Waals surface area contributed by atoms with E-state index in [1.54, 1.807) is 13.3 Å². The van der Waals surface area contributed by atoms with Crippen molar-refractivity contribution in [1.82, 2.24) is 20.4 Å². The van der Waals surface area contributed by atoms with Crippen LogP contribution in [0, 0.1) is 0 Å². The molecule has 2 rings (SSSR count). The second kappa shape index (κ2) is 9.42. The fourth-order valence-corrected chi connectivity index (χ4v) is 2.58. The summed E-state index contributed by atoms with van der Waals surface area (Å²) in [5.74, 6) is 0.937. The van der Waals surface area contributed by atoms with Gasteiger partial charge in [-0.2, -0.15) is 5.10 Å². The molecule has 2 N–H and O–H groups in total. The fourth-order valence-electron chi connectivity index (χ4n) is 2.58. The quantitative estimate of drug-likeness (QED) is 0.446. The smallest absolute Gasteiger partial charge is 0.193 e. The highest BCUT2D eigenvalue weighted by Gasteiger charge is 2.21. The summed E-state index contributed by atoms with van der Waals surface area (Å²) < 4.78 is 10.9. The minimum absolute atomic E-state index is 0.360. The molecular weight excluding hydrogens is 282 g/mol. The van der Waals surface area contributed by atoms with E-state index >= 15 is 0 Å². The van der Waals surface area contributed by atoms with Gasteiger partial charge in [-0.25, -0.2) is 0 Å². The van der Waals surface area contributed by atoms with Crippen LogP contribution in [-0.4, -0.2) is 67.6 Å². The van der Waals surface area contributed by atoms with Crippen LogP contribution in [0.4, 0.5) is 0 Å². The molecule has 0 amide bonds. The van der Waals surface area contributed by atoms with Crippen molar-refractivity contribution in [2.45, 2.75) is 31.9 Å². The van der Waals surface area contributed by atoms with E-state index in [2.05, 4.69) is 25.4 Å². The summed E-state index contributed by atoms with van der Waals surface area (Å²) in [6.07, 6.45) is 5.16. The van der Waals surface area contributed by atoms with E-state index in [0.717, 1.165) is 57.2 Å². The van der Waals surface area contributed by atoms with Crippen LogP contribution >= 0.6 is 0 Å². The highest BCUT2D eigenvalue weighted by atomic mass is 16.5. The monoisotopic (exact) mass is 309 g/mol. The Morgan fingerprint density at radius 3 is 2.91 bits per heavy atom. The van der Waals surface area contributed by atoms with Gasteiger partial charge in [0.05, 0.1) is 18.3 Å². The lowest BCUT2D eigenvalue weighted by Gasteiger charge is -2.34. The summed E-state index contributed by atoms with van der Waals surface area (Å²) in [5, 5.41) is 10.3. The molecule has 0 bridgehead atoms. The molecule has 0 saturated carbocycles. The normalized spacial score (nSPS) is 17.0. The van der Waals surface area contributed by atoms with Crippen molar-refractivity contribution in [3.63, 3.8) is 0 Å². The maximum atomic E-state index is 5.89. The van der Waals surface area contributed by atoms with Gasteiger partial charge in [0.2, 0.25) is 0 Å². The van der Waals surface area contributed by atoms with E-state index in [0.29, 0.717) is 12.6 Å². The maximum absolute atomic E-state index is 5.89. The predicted octanol–water partition coefficient (Wildman–Crippen LogP) is 1.00. The number of methoxy groups -OCH3 is 1. The Hall–Kier alpha value is -1.60.